The van der Waals surface area contributed by atoms with E-state index < -0.39 is 0 Å². The Bertz CT molecular complexity index is 406. The summed E-state index contributed by atoms with van der Waals surface area (Å²) in [7, 11) is 1.89. The Kier molecular flexibility index (Phi) is 4.33. The second-order valence-corrected chi connectivity index (χ2v) is 6.02. The highest BCUT2D eigenvalue weighted by atomic mass is 32.1. The standard InChI is InChI=1S/C15H21NOS/c1-11-8-13(11)10-16(2)15(17)14(18)9-12-6-4-3-5-7-12/h3-7,11,13-14,18H,8-10H2,1-2H3. The summed E-state index contributed by atoms with van der Waals surface area (Å²) in [5.74, 6) is 1.63. The average molecular weight is 263 g/mol. The van der Waals surface area contributed by atoms with E-state index in [1.165, 1.54) is 12.0 Å². The van der Waals surface area contributed by atoms with Gasteiger partial charge in [-0.3, -0.25) is 4.79 Å². The third-order valence-corrected chi connectivity index (χ3v) is 4.12. The molecule has 2 nitrogen and oxygen atoms in total. The second kappa shape index (κ2) is 5.79. The number of hydrogen-bond donors (Lipinski definition) is 1. The molecule has 2 rings (SSSR count). The third-order valence-electron chi connectivity index (χ3n) is 3.72. The Labute approximate surface area is 115 Å². The molecule has 1 aromatic rings. The predicted octanol–water partition coefficient (Wildman–Crippen LogP) is 2.64. The summed E-state index contributed by atoms with van der Waals surface area (Å²) in [5, 5.41) is -0.230. The van der Waals surface area contributed by atoms with Crippen molar-refractivity contribution in [1.82, 2.24) is 4.90 Å². The monoisotopic (exact) mass is 263 g/mol. The van der Waals surface area contributed by atoms with Gasteiger partial charge in [-0.1, -0.05) is 37.3 Å². The van der Waals surface area contributed by atoms with E-state index in [1.807, 2.05) is 42.3 Å². The number of carbonyl (C=O) groups is 1. The van der Waals surface area contributed by atoms with Crippen molar-refractivity contribution in [2.45, 2.75) is 25.0 Å². The lowest BCUT2D eigenvalue weighted by atomic mass is 10.1. The maximum atomic E-state index is 12.2. The van der Waals surface area contributed by atoms with Crippen molar-refractivity contribution >= 4 is 18.5 Å². The van der Waals surface area contributed by atoms with E-state index >= 15 is 0 Å². The van der Waals surface area contributed by atoms with E-state index in [0.717, 1.165) is 12.5 Å². The van der Waals surface area contributed by atoms with Gasteiger partial charge in [0.05, 0.1) is 5.25 Å². The fourth-order valence-corrected chi connectivity index (χ4v) is 2.68. The molecule has 1 fully saturated rings. The molecule has 0 heterocycles. The van der Waals surface area contributed by atoms with Crippen LogP contribution in [-0.4, -0.2) is 29.6 Å². The summed E-state index contributed by atoms with van der Waals surface area (Å²) < 4.78 is 0. The Hall–Kier alpha value is -0.960. The van der Waals surface area contributed by atoms with Crippen LogP contribution in [0.1, 0.15) is 18.9 Å². The van der Waals surface area contributed by atoms with Gasteiger partial charge in [0.15, 0.2) is 0 Å². The number of rotatable bonds is 5. The minimum absolute atomic E-state index is 0.140. The number of hydrogen-bond acceptors (Lipinski definition) is 2. The van der Waals surface area contributed by atoms with E-state index in [0.29, 0.717) is 12.3 Å². The van der Waals surface area contributed by atoms with Crippen LogP contribution in [0.2, 0.25) is 0 Å². The van der Waals surface area contributed by atoms with Gasteiger partial charge in [-0.2, -0.15) is 12.6 Å². The molecule has 0 saturated heterocycles. The molecule has 3 unspecified atom stereocenters. The van der Waals surface area contributed by atoms with Crippen LogP contribution in [0, 0.1) is 11.8 Å². The number of amides is 1. The number of benzene rings is 1. The smallest absolute Gasteiger partial charge is 0.235 e. The largest absolute Gasteiger partial charge is 0.345 e. The summed E-state index contributed by atoms with van der Waals surface area (Å²) in [6.07, 6.45) is 1.96. The van der Waals surface area contributed by atoms with Gasteiger partial charge in [0.2, 0.25) is 5.91 Å². The third kappa shape index (κ3) is 3.52. The summed E-state index contributed by atoms with van der Waals surface area (Å²) >= 11 is 4.45. The summed E-state index contributed by atoms with van der Waals surface area (Å²) in [6.45, 7) is 3.12. The van der Waals surface area contributed by atoms with Crippen molar-refractivity contribution in [2.75, 3.05) is 13.6 Å². The van der Waals surface area contributed by atoms with Gasteiger partial charge in [0.1, 0.15) is 0 Å². The zero-order chi connectivity index (χ0) is 13.1. The molecule has 0 aliphatic heterocycles. The van der Waals surface area contributed by atoms with Crippen molar-refractivity contribution in [3.05, 3.63) is 35.9 Å². The Morgan fingerprint density at radius 2 is 2.06 bits per heavy atom. The zero-order valence-electron chi connectivity index (χ0n) is 11.0. The lowest BCUT2D eigenvalue weighted by Crippen LogP contribution is -2.36. The second-order valence-electron chi connectivity index (χ2n) is 5.40. The normalized spacial score (nSPS) is 23.5. The van der Waals surface area contributed by atoms with Crippen LogP contribution in [0.4, 0.5) is 0 Å². The number of nitrogens with zero attached hydrogens (tertiary/aromatic N) is 1. The molecule has 1 aromatic carbocycles. The summed E-state index contributed by atoms with van der Waals surface area (Å²) in [6, 6.07) is 10.1. The van der Waals surface area contributed by atoms with Crippen molar-refractivity contribution in [3.8, 4) is 0 Å². The van der Waals surface area contributed by atoms with Crippen LogP contribution in [-0.2, 0) is 11.2 Å². The highest BCUT2D eigenvalue weighted by Gasteiger charge is 2.34. The molecular weight excluding hydrogens is 242 g/mol. The van der Waals surface area contributed by atoms with Crippen molar-refractivity contribution < 1.29 is 4.79 Å². The lowest BCUT2D eigenvalue weighted by molar-refractivity contribution is -0.129. The van der Waals surface area contributed by atoms with Crippen molar-refractivity contribution in [2.24, 2.45) is 11.8 Å². The van der Waals surface area contributed by atoms with Gasteiger partial charge >= 0.3 is 0 Å². The Morgan fingerprint density at radius 1 is 1.44 bits per heavy atom. The quantitative estimate of drug-likeness (QED) is 0.810. The van der Waals surface area contributed by atoms with Crippen LogP contribution in [0.15, 0.2) is 30.3 Å². The first kappa shape index (κ1) is 13.5. The molecule has 3 atom stereocenters. The number of carbonyl (C=O) groups excluding carboxylic acids is 1. The first-order chi connectivity index (χ1) is 8.58. The molecular formula is C15H21NOS. The molecule has 98 valence electrons. The Balaban J connectivity index is 1.84. The van der Waals surface area contributed by atoms with Gasteiger partial charge in [-0.05, 0) is 30.2 Å². The fraction of sp³-hybridized carbons (Fsp3) is 0.533. The van der Waals surface area contributed by atoms with E-state index in [1.54, 1.807) is 0 Å². The van der Waals surface area contributed by atoms with Crippen molar-refractivity contribution in [3.63, 3.8) is 0 Å². The topological polar surface area (TPSA) is 20.3 Å². The molecule has 1 aliphatic rings. The van der Waals surface area contributed by atoms with E-state index in [4.69, 9.17) is 0 Å². The minimum atomic E-state index is -0.230. The SMILES string of the molecule is CC1CC1CN(C)C(=O)C(S)Cc1ccccc1. The summed E-state index contributed by atoms with van der Waals surface area (Å²) in [5.41, 5.74) is 1.17. The first-order valence-corrected chi connectivity index (χ1v) is 7.06. The van der Waals surface area contributed by atoms with Crippen LogP contribution < -0.4 is 0 Å². The van der Waals surface area contributed by atoms with Crippen LogP contribution in [0.3, 0.4) is 0 Å². The predicted molar refractivity (Wildman–Crippen MR) is 77.8 cm³/mol. The molecule has 1 saturated carbocycles. The molecule has 3 heteroatoms. The van der Waals surface area contributed by atoms with Gasteiger partial charge < -0.3 is 4.90 Å². The fourth-order valence-electron chi connectivity index (χ4n) is 2.27. The highest BCUT2D eigenvalue weighted by Crippen LogP contribution is 2.38. The Morgan fingerprint density at radius 3 is 2.61 bits per heavy atom. The van der Waals surface area contributed by atoms with Crippen molar-refractivity contribution in [1.29, 1.82) is 0 Å². The molecule has 1 aliphatic carbocycles. The molecule has 0 radical (unpaired) electrons. The molecule has 0 spiro atoms. The number of thiol groups is 1. The van der Waals surface area contributed by atoms with E-state index in [9.17, 15) is 4.79 Å². The summed E-state index contributed by atoms with van der Waals surface area (Å²) in [4.78, 5) is 14.0. The van der Waals surface area contributed by atoms with Crippen LogP contribution in [0.25, 0.3) is 0 Å². The average Bonchev–Trinajstić information content (AvgIpc) is 3.05. The first-order valence-electron chi connectivity index (χ1n) is 6.55. The van der Waals surface area contributed by atoms with Crippen LogP contribution >= 0.6 is 12.6 Å². The highest BCUT2D eigenvalue weighted by molar-refractivity contribution is 7.81. The van der Waals surface area contributed by atoms with Gasteiger partial charge in [0, 0.05) is 13.6 Å². The molecule has 0 aromatic heterocycles. The van der Waals surface area contributed by atoms with Gasteiger partial charge in [-0.25, -0.2) is 0 Å². The maximum Gasteiger partial charge on any atom is 0.235 e. The zero-order valence-corrected chi connectivity index (χ0v) is 11.9. The molecule has 0 bridgehead atoms. The molecule has 0 N–H and O–H groups in total. The maximum absolute atomic E-state index is 12.2. The molecule has 1 amide bonds. The van der Waals surface area contributed by atoms with Crippen LogP contribution in [0.5, 0.6) is 0 Å². The lowest BCUT2D eigenvalue weighted by Gasteiger charge is -2.21. The van der Waals surface area contributed by atoms with E-state index in [-0.39, 0.29) is 11.2 Å². The minimum Gasteiger partial charge on any atom is -0.345 e. The van der Waals surface area contributed by atoms with Gasteiger partial charge in [0.25, 0.3) is 0 Å². The molecule has 18 heavy (non-hydrogen) atoms. The van der Waals surface area contributed by atoms with E-state index in [2.05, 4.69) is 19.6 Å². The van der Waals surface area contributed by atoms with Gasteiger partial charge in [-0.15, -0.1) is 0 Å².